The van der Waals surface area contributed by atoms with E-state index in [0.717, 1.165) is 12.1 Å². The van der Waals surface area contributed by atoms with Gasteiger partial charge in [-0.3, -0.25) is 5.32 Å². The number of nitrogens with one attached hydrogen (secondary N) is 2. The highest BCUT2D eigenvalue weighted by atomic mass is 19.2. The van der Waals surface area contributed by atoms with E-state index in [4.69, 9.17) is 4.74 Å². The summed E-state index contributed by atoms with van der Waals surface area (Å²) in [6.45, 7) is 5.25. The van der Waals surface area contributed by atoms with Crippen molar-refractivity contribution < 1.29 is 18.3 Å². The number of anilines is 1. The van der Waals surface area contributed by atoms with Gasteiger partial charge in [-0.15, -0.1) is 0 Å². The molecule has 0 aliphatic carbocycles. The highest BCUT2D eigenvalue weighted by Gasteiger charge is 2.18. The molecule has 0 unspecified atom stereocenters. The Bertz CT molecular complexity index is 660. The molecule has 1 aromatic carbocycles. The van der Waals surface area contributed by atoms with Crippen molar-refractivity contribution in [2.45, 2.75) is 26.4 Å². The van der Waals surface area contributed by atoms with Crippen LogP contribution in [0.3, 0.4) is 0 Å². The molecule has 0 spiro atoms. The van der Waals surface area contributed by atoms with Gasteiger partial charge in [0.1, 0.15) is 5.60 Å². The van der Waals surface area contributed by atoms with Crippen molar-refractivity contribution in [3.8, 4) is 11.1 Å². The second-order valence-corrected chi connectivity index (χ2v) is 5.54. The summed E-state index contributed by atoms with van der Waals surface area (Å²) in [4.78, 5) is 14.6. The summed E-state index contributed by atoms with van der Waals surface area (Å²) >= 11 is 0. The Morgan fingerprint density at radius 2 is 1.90 bits per heavy atom. The Morgan fingerprint density at radius 3 is 2.52 bits per heavy atom. The number of benzene rings is 1. The molecule has 0 aliphatic heterocycles. The Kier molecular flexibility index (Phi) is 3.97. The van der Waals surface area contributed by atoms with Crippen LogP contribution in [0.15, 0.2) is 30.6 Å². The summed E-state index contributed by atoms with van der Waals surface area (Å²) in [6.07, 6.45) is 2.51. The first-order valence-corrected chi connectivity index (χ1v) is 6.38. The standard InChI is InChI=1S/C15H16F2N2O2/c1-15(2,3)21-14(20)19-13-8-18-7-10(13)9-4-5-11(16)12(17)6-9/h4-8,18H,1-3H3,(H,19,20). The molecule has 21 heavy (non-hydrogen) atoms. The van der Waals surface area contributed by atoms with E-state index in [1.807, 2.05) is 0 Å². The van der Waals surface area contributed by atoms with Crippen molar-refractivity contribution in [3.63, 3.8) is 0 Å². The number of H-pyrrole nitrogens is 1. The lowest BCUT2D eigenvalue weighted by atomic mass is 10.1. The summed E-state index contributed by atoms with van der Waals surface area (Å²) in [6, 6.07) is 3.54. The summed E-state index contributed by atoms with van der Waals surface area (Å²) in [7, 11) is 0. The van der Waals surface area contributed by atoms with Gasteiger partial charge in [-0.1, -0.05) is 6.07 Å². The fraction of sp³-hybridized carbons (Fsp3) is 0.267. The normalized spacial score (nSPS) is 11.3. The van der Waals surface area contributed by atoms with Gasteiger partial charge < -0.3 is 9.72 Å². The zero-order valence-corrected chi connectivity index (χ0v) is 12.0. The van der Waals surface area contributed by atoms with Crippen LogP contribution < -0.4 is 5.32 Å². The van der Waals surface area contributed by atoms with Gasteiger partial charge in [-0.25, -0.2) is 13.6 Å². The number of ether oxygens (including phenoxy) is 1. The van der Waals surface area contributed by atoms with Crippen LogP contribution in [0, 0.1) is 11.6 Å². The third kappa shape index (κ3) is 3.81. The molecule has 0 radical (unpaired) electrons. The Morgan fingerprint density at radius 1 is 1.19 bits per heavy atom. The minimum Gasteiger partial charge on any atom is -0.444 e. The number of aromatic nitrogens is 1. The van der Waals surface area contributed by atoms with Gasteiger partial charge in [0.05, 0.1) is 5.69 Å². The predicted octanol–water partition coefficient (Wildman–Crippen LogP) is 4.31. The average Bonchev–Trinajstić information content (AvgIpc) is 2.78. The fourth-order valence-corrected chi connectivity index (χ4v) is 1.78. The third-order valence-corrected chi connectivity index (χ3v) is 2.61. The highest BCUT2D eigenvalue weighted by molar-refractivity contribution is 5.91. The molecule has 1 heterocycles. The molecule has 0 bridgehead atoms. The molecule has 112 valence electrons. The predicted molar refractivity (Wildman–Crippen MR) is 76.0 cm³/mol. The lowest BCUT2D eigenvalue weighted by molar-refractivity contribution is 0.0636. The number of hydrogen-bond donors (Lipinski definition) is 2. The van der Waals surface area contributed by atoms with Gasteiger partial charge in [0.2, 0.25) is 0 Å². The van der Waals surface area contributed by atoms with Gasteiger partial charge in [-0.2, -0.15) is 0 Å². The first kappa shape index (κ1) is 15.0. The van der Waals surface area contributed by atoms with E-state index in [2.05, 4.69) is 10.3 Å². The minimum absolute atomic E-state index is 0.426. The van der Waals surface area contributed by atoms with Crippen LogP contribution in [0.25, 0.3) is 11.1 Å². The molecular weight excluding hydrogens is 278 g/mol. The van der Waals surface area contributed by atoms with Crippen LogP contribution >= 0.6 is 0 Å². The summed E-state index contributed by atoms with van der Waals surface area (Å²) < 4.78 is 31.4. The van der Waals surface area contributed by atoms with Crippen LogP contribution in [-0.4, -0.2) is 16.7 Å². The van der Waals surface area contributed by atoms with E-state index >= 15 is 0 Å². The van der Waals surface area contributed by atoms with Crippen molar-refractivity contribution in [2.75, 3.05) is 5.32 Å². The quantitative estimate of drug-likeness (QED) is 0.867. The molecule has 2 rings (SSSR count). The lowest BCUT2D eigenvalue weighted by Gasteiger charge is -2.19. The number of amides is 1. The monoisotopic (exact) mass is 294 g/mol. The first-order valence-electron chi connectivity index (χ1n) is 6.38. The van der Waals surface area contributed by atoms with Crippen LogP contribution in [0.5, 0.6) is 0 Å². The number of carbonyl (C=O) groups is 1. The average molecular weight is 294 g/mol. The van der Waals surface area contributed by atoms with E-state index in [1.54, 1.807) is 33.2 Å². The van der Waals surface area contributed by atoms with Crippen LogP contribution in [0.2, 0.25) is 0 Å². The molecule has 0 atom stereocenters. The van der Waals surface area contributed by atoms with Crippen molar-refractivity contribution >= 4 is 11.8 Å². The molecule has 4 nitrogen and oxygen atoms in total. The molecule has 1 aromatic heterocycles. The second kappa shape index (κ2) is 5.55. The molecule has 0 saturated heterocycles. The number of rotatable bonds is 2. The molecular formula is C15H16F2N2O2. The topological polar surface area (TPSA) is 54.1 Å². The van der Waals surface area contributed by atoms with Gasteiger partial charge in [0, 0.05) is 18.0 Å². The van der Waals surface area contributed by atoms with Crippen molar-refractivity contribution in [2.24, 2.45) is 0 Å². The maximum Gasteiger partial charge on any atom is 0.412 e. The van der Waals surface area contributed by atoms with Crippen molar-refractivity contribution in [3.05, 3.63) is 42.2 Å². The maximum absolute atomic E-state index is 13.3. The number of carbonyl (C=O) groups excluding carboxylic acids is 1. The zero-order chi connectivity index (χ0) is 15.6. The van der Waals surface area contributed by atoms with Gasteiger partial charge in [0.15, 0.2) is 11.6 Å². The molecule has 1 amide bonds. The number of aromatic amines is 1. The number of halogens is 2. The Hall–Kier alpha value is -2.37. The molecule has 2 N–H and O–H groups in total. The van der Waals surface area contributed by atoms with E-state index in [-0.39, 0.29) is 0 Å². The van der Waals surface area contributed by atoms with Crippen molar-refractivity contribution in [1.29, 1.82) is 0 Å². The minimum atomic E-state index is -0.947. The molecule has 0 aliphatic rings. The molecule has 6 heteroatoms. The number of hydrogen-bond acceptors (Lipinski definition) is 2. The summed E-state index contributed by atoms with van der Waals surface area (Å²) in [5.74, 6) is -1.87. The first-order chi connectivity index (χ1) is 9.76. The van der Waals surface area contributed by atoms with Crippen molar-refractivity contribution in [1.82, 2.24) is 4.98 Å². The fourth-order valence-electron chi connectivity index (χ4n) is 1.78. The SMILES string of the molecule is CC(C)(C)OC(=O)Nc1c[nH]cc1-c1ccc(F)c(F)c1. The van der Waals surface area contributed by atoms with E-state index in [9.17, 15) is 13.6 Å². The van der Waals surface area contributed by atoms with Gasteiger partial charge in [0.25, 0.3) is 0 Å². The summed E-state index contributed by atoms with van der Waals surface area (Å²) in [5.41, 5.74) is 0.791. The van der Waals surface area contributed by atoms with Crippen LogP contribution in [-0.2, 0) is 4.74 Å². The Balaban J connectivity index is 2.22. The maximum atomic E-state index is 13.3. The smallest absolute Gasteiger partial charge is 0.412 e. The Labute approximate surface area is 121 Å². The second-order valence-electron chi connectivity index (χ2n) is 5.54. The molecule has 0 saturated carbocycles. The van der Waals surface area contributed by atoms with Crippen LogP contribution in [0.1, 0.15) is 20.8 Å². The van der Waals surface area contributed by atoms with Crippen LogP contribution in [0.4, 0.5) is 19.3 Å². The molecule has 2 aromatic rings. The lowest BCUT2D eigenvalue weighted by Crippen LogP contribution is -2.27. The van der Waals surface area contributed by atoms with Gasteiger partial charge >= 0.3 is 6.09 Å². The largest absolute Gasteiger partial charge is 0.444 e. The van der Waals surface area contributed by atoms with E-state index in [1.165, 1.54) is 6.07 Å². The van der Waals surface area contributed by atoms with Gasteiger partial charge in [-0.05, 0) is 38.5 Å². The third-order valence-electron chi connectivity index (χ3n) is 2.61. The van der Waals surface area contributed by atoms with E-state index in [0.29, 0.717) is 16.8 Å². The zero-order valence-electron chi connectivity index (χ0n) is 12.0. The van der Waals surface area contributed by atoms with E-state index < -0.39 is 23.3 Å². The highest BCUT2D eigenvalue weighted by Crippen LogP contribution is 2.29. The summed E-state index contributed by atoms with van der Waals surface area (Å²) in [5, 5.41) is 2.57. The molecule has 0 fully saturated rings.